The van der Waals surface area contributed by atoms with Gasteiger partial charge in [0.05, 0.1) is 11.1 Å². The second kappa shape index (κ2) is 8.60. The van der Waals surface area contributed by atoms with Gasteiger partial charge in [-0.25, -0.2) is 0 Å². The molecule has 0 saturated heterocycles. The fraction of sp³-hybridized carbons (Fsp3) is 0.440. The molecule has 1 aliphatic carbocycles. The Morgan fingerprint density at radius 3 is 2.59 bits per heavy atom. The number of benzene rings is 2. The SMILES string of the molecule is CC1Oc2c(Cl)cc(Cl)cc2C(C(=O)NC(C)(C)C)N(C2CCCc3ccccc32)C1=O. The van der Waals surface area contributed by atoms with Crippen molar-refractivity contribution in [2.24, 2.45) is 0 Å². The van der Waals surface area contributed by atoms with Crippen molar-refractivity contribution in [2.75, 3.05) is 0 Å². The van der Waals surface area contributed by atoms with Gasteiger partial charge in [-0.2, -0.15) is 0 Å². The summed E-state index contributed by atoms with van der Waals surface area (Å²) in [6.07, 6.45) is 1.85. The smallest absolute Gasteiger partial charge is 0.264 e. The van der Waals surface area contributed by atoms with Crippen molar-refractivity contribution in [1.82, 2.24) is 10.2 Å². The molecular weight excluding hydrogens is 447 g/mol. The number of nitrogens with one attached hydrogen (secondary N) is 1. The number of nitrogens with zero attached hydrogens (tertiary/aromatic N) is 1. The van der Waals surface area contributed by atoms with Gasteiger partial charge in [-0.05, 0) is 70.2 Å². The fourth-order valence-electron chi connectivity index (χ4n) is 4.68. The van der Waals surface area contributed by atoms with E-state index in [2.05, 4.69) is 11.4 Å². The first-order valence-electron chi connectivity index (χ1n) is 10.9. The van der Waals surface area contributed by atoms with Gasteiger partial charge in [0.25, 0.3) is 5.91 Å². The quantitative estimate of drug-likeness (QED) is 0.612. The summed E-state index contributed by atoms with van der Waals surface area (Å²) in [7, 11) is 0. The molecule has 0 radical (unpaired) electrons. The maximum Gasteiger partial charge on any atom is 0.264 e. The summed E-state index contributed by atoms with van der Waals surface area (Å²) in [5.41, 5.74) is 2.29. The molecule has 32 heavy (non-hydrogen) atoms. The highest BCUT2D eigenvalue weighted by Gasteiger charge is 2.45. The van der Waals surface area contributed by atoms with Crippen molar-refractivity contribution in [3.63, 3.8) is 0 Å². The van der Waals surface area contributed by atoms with Gasteiger partial charge < -0.3 is 15.0 Å². The Labute approximate surface area is 199 Å². The fourth-order valence-corrected chi connectivity index (χ4v) is 5.23. The molecule has 0 spiro atoms. The average Bonchev–Trinajstić information content (AvgIpc) is 2.81. The number of carbonyl (C=O) groups is 2. The van der Waals surface area contributed by atoms with Crippen LogP contribution in [0.5, 0.6) is 5.75 Å². The minimum Gasteiger partial charge on any atom is -0.479 e. The predicted molar refractivity (Wildman–Crippen MR) is 126 cm³/mol. The maximum absolute atomic E-state index is 13.7. The molecule has 170 valence electrons. The Hall–Kier alpha value is -2.24. The molecule has 5 nitrogen and oxygen atoms in total. The second-order valence-electron chi connectivity index (χ2n) is 9.56. The van der Waals surface area contributed by atoms with Crippen molar-refractivity contribution in [1.29, 1.82) is 0 Å². The highest BCUT2D eigenvalue weighted by atomic mass is 35.5. The Bertz CT molecular complexity index is 1060. The van der Waals surface area contributed by atoms with Crippen LogP contribution in [0.15, 0.2) is 36.4 Å². The number of rotatable bonds is 2. The summed E-state index contributed by atoms with van der Waals surface area (Å²) in [6, 6.07) is 10.2. The molecular formula is C25H28Cl2N2O3. The molecule has 2 aliphatic rings. The van der Waals surface area contributed by atoms with Crippen LogP contribution in [-0.2, 0) is 16.0 Å². The highest BCUT2D eigenvalue weighted by Crippen LogP contribution is 2.46. The minimum atomic E-state index is -0.922. The zero-order chi connectivity index (χ0) is 23.2. The zero-order valence-electron chi connectivity index (χ0n) is 18.7. The first-order chi connectivity index (χ1) is 15.1. The maximum atomic E-state index is 13.7. The molecule has 2 aromatic carbocycles. The Balaban J connectivity index is 1.93. The van der Waals surface area contributed by atoms with E-state index in [1.54, 1.807) is 24.0 Å². The molecule has 0 fully saturated rings. The summed E-state index contributed by atoms with van der Waals surface area (Å²) in [5, 5.41) is 3.72. The highest BCUT2D eigenvalue weighted by molar-refractivity contribution is 6.35. The molecule has 7 heteroatoms. The van der Waals surface area contributed by atoms with Crippen LogP contribution in [0.1, 0.15) is 69.3 Å². The molecule has 3 atom stereocenters. The second-order valence-corrected chi connectivity index (χ2v) is 10.4. The normalized spacial score (nSPS) is 23.0. The number of hydrogen-bond acceptors (Lipinski definition) is 3. The largest absolute Gasteiger partial charge is 0.479 e. The molecule has 1 heterocycles. The Kier molecular flexibility index (Phi) is 6.17. The third kappa shape index (κ3) is 4.33. The Morgan fingerprint density at radius 1 is 1.16 bits per heavy atom. The summed E-state index contributed by atoms with van der Waals surface area (Å²) in [5.74, 6) is -0.201. The van der Waals surface area contributed by atoms with Gasteiger partial charge in [-0.3, -0.25) is 9.59 Å². The van der Waals surface area contributed by atoms with Crippen LogP contribution in [0.25, 0.3) is 0 Å². The number of ether oxygens (including phenoxy) is 1. The van der Waals surface area contributed by atoms with Crippen LogP contribution in [0.2, 0.25) is 10.0 Å². The first-order valence-corrected chi connectivity index (χ1v) is 11.7. The lowest BCUT2D eigenvalue weighted by molar-refractivity contribution is -0.148. The van der Waals surface area contributed by atoms with Gasteiger partial charge in [0.1, 0.15) is 11.8 Å². The van der Waals surface area contributed by atoms with Gasteiger partial charge in [-0.15, -0.1) is 0 Å². The lowest BCUT2D eigenvalue weighted by Crippen LogP contribution is -2.51. The minimum absolute atomic E-state index is 0.246. The monoisotopic (exact) mass is 474 g/mol. The van der Waals surface area contributed by atoms with E-state index in [0.717, 1.165) is 24.8 Å². The number of carbonyl (C=O) groups excluding carboxylic acids is 2. The van der Waals surface area contributed by atoms with Crippen molar-refractivity contribution in [3.8, 4) is 5.75 Å². The van der Waals surface area contributed by atoms with Gasteiger partial charge in [0.15, 0.2) is 6.10 Å². The molecule has 1 N–H and O–H groups in total. The molecule has 0 saturated carbocycles. The van der Waals surface area contributed by atoms with E-state index in [9.17, 15) is 9.59 Å². The Morgan fingerprint density at radius 2 is 1.88 bits per heavy atom. The van der Waals surface area contributed by atoms with Crippen molar-refractivity contribution < 1.29 is 14.3 Å². The number of hydrogen-bond donors (Lipinski definition) is 1. The van der Waals surface area contributed by atoms with Gasteiger partial charge >= 0.3 is 0 Å². The van der Waals surface area contributed by atoms with E-state index in [1.807, 2.05) is 39.0 Å². The summed E-state index contributed by atoms with van der Waals surface area (Å²) in [4.78, 5) is 29.2. The molecule has 0 aromatic heterocycles. The van der Waals surface area contributed by atoms with Crippen LogP contribution in [-0.4, -0.2) is 28.4 Å². The molecule has 2 aromatic rings. The summed E-state index contributed by atoms with van der Waals surface area (Å²) in [6.45, 7) is 7.43. The van der Waals surface area contributed by atoms with Crippen LogP contribution < -0.4 is 10.1 Å². The van der Waals surface area contributed by atoms with Crippen molar-refractivity contribution in [2.45, 2.75) is 70.7 Å². The predicted octanol–water partition coefficient (Wildman–Crippen LogP) is 5.64. The van der Waals surface area contributed by atoms with Gasteiger partial charge in [-0.1, -0.05) is 47.5 Å². The lowest BCUT2D eigenvalue weighted by Gasteiger charge is -2.40. The van der Waals surface area contributed by atoms with E-state index >= 15 is 0 Å². The standard InChI is InChI=1S/C25H28Cl2N2O3/c1-14-24(31)29(20-11-7-9-15-8-5-6-10-17(15)20)21(23(30)28-25(2,3)4)18-12-16(26)13-19(27)22(18)32-14/h5-6,8,10,12-14,20-21H,7,9,11H2,1-4H3,(H,28,30). The van der Waals surface area contributed by atoms with E-state index in [1.165, 1.54) is 5.56 Å². The lowest BCUT2D eigenvalue weighted by atomic mass is 9.85. The van der Waals surface area contributed by atoms with E-state index in [0.29, 0.717) is 16.3 Å². The zero-order valence-corrected chi connectivity index (χ0v) is 20.3. The van der Waals surface area contributed by atoms with Crippen molar-refractivity contribution in [3.05, 3.63) is 63.1 Å². The van der Waals surface area contributed by atoms with Crippen LogP contribution >= 0.6 is 23.2 Å². The topological polar surface area (TPSA) is 58.6 Å². The number of aryl methyl sites for hydroxylation is 1. The van der Waals surface area contributed by atoms with Crippen LogP contribution in [0.3, 0.4) is 0 Å². The molecule has 0 bridgehead atoms. The van der Waals surface area contributed by atoms with E-state index in [-0.39, 0.29) is 22.9 Å². The van der Waals surface area contributed by atoms with Gasteiger partial charge in [0.2, 0.25) is 5.91 Å². The molecule has 4 rings (SSSR count). The van der Waals surface area contributed by atoms with Crippen LogP contribution in [0, 0.1) is 0 Å². The van der Waals surface area contributed by atoms with Gasteiger partial charge in [0, 0.05) is 16.1 Å². The third-order valence-electron chi connectivity index (χ3n) is 5.93. The van der Waals surface area contributed by atoms with E-state index in [4.69, 9.17) is 27.9 Å². The number of halogens is 2. The van der Waals surface area contributed by atoms with Crippen molar-refractivity contribution >= 4 is 35.0 Å². The number of fused-ring (bicyclic) bond motifs is 2. The first kappa shape index (κ1) is 22.9. The molecule has 2 amide bonds. The summed E-state index contributed by atoms with van der Waals surface area (Å²) < 4.78 is 6.01. The number of amides is 2. The van der Waals surface area contributed by atoms with E-state index < -0.39 is 17.7 Å². The third-order valence-corrected chi connectivity index (χ3v) is 6.43. The summed E-state index contributed by atoms with van der Waals surface area (Å²) >= 11 is 12.8. The van der Waals surface area contributed by atoms with Crippen LogP contribution in [0.4, 0.5) is 0 Å². The molecule has 1 aliphatic heterocycles. The average molecular weight is 475 g/mol. The molecule has 3 unspecified atom stereocenters.